The first-order chi connectivity index (χ1) is 8.58. The number of fused-ring (bicyclic) bond motifs is 1. The number of halogens is 2. The Bertz CT molecular complexity index is 513. The smallest absolute Gasteiger partial charge is 0.364 e. The van der Waals surface area contributed by atoms with Gasteiger partial charge in [0, 0.05) is 6.42 Å². The lowest BCUT2D eigenvalue weighted by atomic mass is 10.2. The first-order valence-electron chi connectivity index (χ1n) is 5.27. The molecular formula is C12H10ClFO4. The van der Waals surface area contributed by atoms with E-state index in [0.717, 1.165) is 12.5 Å². The third-order valence-corrected chi connectivity index (χ3v) is 2.60. The van der Waals surface area contributed by atoms with Crippen molar-refractivity contribution in [3.8, 4) is 11.5 Å². The zero-order chi connectivity index (χ0) is 13.1. The first-order valence-corrected chi connectivity index (χ1v) is 5.65. The summed E-state index contributed by atoms with van der Waals surface area (Å²) >= 11 is 5.98. The van der Waals surface area contributed by atoms with Crippen LogP contribution < -0.4 is 9.47 Å². The molecule has 0 saturated carbocycles. The van der Waals surface area contributed by atoms with Crippen molar-refractivity contribution < 1.29 is 23.8 Å². The van der Waals surface area contributed by atoms with E-state index in [0.29, 0.717) is 30.3 Å². The van der Waals surface area contributed by atoms with Crippen LogP contribution in [-0.2, 0) is 4.79 Å². The molecule has 0 fully saturated rings. The minimum Gasteiger partial charge on any atom is -0.489 e. The quantitative estimate of drug-likeness (QED) is 0.841. The van der Waals surface area contributed by atoms with E-state index in [9.17, 15) is 9.18 Å². The number of hydrogen-bond donors (Lipinski definition) is 1. The Hall–Kier alpha value is -1.75. The number of carbonyl (C=O) groups is 1. The predicted octanol–water partition coefficient (Wildman–Crippen LogP) is 2.90. The number of carboxylic acid groups (broad SMARTS) is 1. The number of benzene rings is 1. The normalized spacial score (nSPS) is 15.1. The SMILES string of the molecule is O=C(O)C(F)=Cc1cc(Cl)c2c(c1)OCCCO2. The third kappa shape index (κ3) is 2.73. The number of aliphatic carboxylic acids is 1. The maximum absolute atomic E-state index is 13.0. The summed E-state index contributed by atoms with van der Waals surface area (Å²) in [6.07, 6.45) is 1.60. The van der Waals surface area contributed by atoms with Gasteiger partial charge in [0.1, 0.15) is 0 Å². The first kappa shape index (κ1) is 12.7. The summed E-state index contributed by atoms with van der Waals surface area (Å²) in [7, 11) is 0. The molecule has 1 aliphatic rings. The molecule has 0 radical (unpaired) electrons. The third-order valence-electron chi connectivity index (χ3n) is 2.32. The van der Waals surface area contributed by atoms with Gasteiger partial charge in [-0.05, 0) is 23.8 Å². The molecule has 0 unspecified atom stereocenters. The second-order valence-electron chi connectivity index (χ2n) is 3.68. The Balaban J connectivity index is 2.40. The van der Waals surface area contributed by atoms with E-state index in [2.05, 4.69) is 0 Å². The molecule has 1 aliphatic heterocycles. The second kappa shape index (κ2) is 5.27. The molecule has 18 heavy (non-hydrogen) atoms. The van der Waals surface area contributed by atoms with Gasteiger partial charge in [0.05, 0.1) is 18.2 Å². The molecule has 0 saturated heterocycles. The highest BCUT2D eigenvalue weighted by molar-refractivity contribution is 6.32. The van der Waals surface area contributed by atoms with Crippen LogP contribution in [0.2, 0.25) is 5.02 Å². The average Bonchev–Trinajstić information content (AvgIpc) is 2.54. The lowest BCUT2D eigenvalue weighted by Crippen LogP contribution is -1.97. The molecule has 1 aromatic carbocycles. The van der Waals surface area contributed by atoms with Crippen LogP contribution in [0, 0.1) is 0 Å². The maximum atomic E-state index is 13.0. The van der Waals surface area contributed by atoms with Crippen LogP contribution in [0.15, 0.2) is 18.0 Å². The topological polar surface area (TPSA) is 55.8 Å². The Morgan fingerprint density at radius 1 is 1.39 bits per heavy atom. The Morgan fingerprint density at radius 2 is 2.11 bits per heavy atom. The van der Waals surface area contributed by atoms with Gasteiger partial charge in [-0.3, -0.25) is 0 Å². The number of ether oxygens (including phenoxy) is 2. The van der Waals surface area contributed by atoms with Crippen LogP contribution in [0.4, 0.5) is 4.39 Å². The number of rotatable bonds is 2. The molecule has 1 N–H and O–H groups in total. The fourth-order valence-electron chi connectivity index (χ4n) is 1.54. The van der Waals surface area contributed by atoms with E-state index in [1.807, 2.05) is 0 Å². The molecule has 2 rings (SSSR count). The van der Waals surface area contributed by atoms with Crippen LogP contribution >= 0.6 is 11.6 Å². The van der Waals surface area contributed by atoms with E-state index in [1.54, 1.807) is 0 Å². The van der Waals surface area contributed by atoms with Crippen molar-refractivity contribution in [1.29, 1.82) is 0 Å². The predicted molar refractivity (Wildman–Crippen MR) is 63.8 cm³/mol. The van der Waals surface area contributed by atoms with Crippen molar-refractivity contribution in [1.82, 2.24) is 0 Å². The van der Waals surface area contributed by atoms with Crippen LogP contribution in [0.25, 0.3) is 6.08 Å². The van der Waals surface area contributed by atoms with E-state index in [-0.39, 0.29) is 5.02 Å². The van der Waals surface area contributed by atoms with Gasteiger partial charge in [-0.25, -0.2) is 4.79 Å². The molecule has 0 spiro atoms. The molecule has 0 amide bonds. The van der Waals surface area contributed by atoms with Crippen LogP contribution in [0.5, 0.6) is 11.5 Å². The molecule has 0 aliphatic carbocycles. The van der Waals surface area contributed by atoms with E-state index in [4.69, 9.17) is 26.2 Å². The number of hydrogen-bond acceptors (Lipinski definition) is 3. The molecule has 0 aromatic heterocycles. The summed E-state index contributed by atoms with van der Waals surface area (Å²) in [5.74, 6) is -2.09. The van der Waals surface area contributed by atoms with Gasteiger partial charge in [-0.15, -0.1) is 0 Å². The fourth-order valence-corrected chi connectivity index (χ4v) is 1.82. The van der Waals surface area contributed by atoms with E-state index in [1.165, 1.54) is 12.1 Å². The van der Waals surface area contributed by atoms with Gasteiger partial charge in [0.25, 0.3) is 0 Å². The maximum Gasteiger partial charge on any atom is 0.364 e. The molecule has 0 bridgehead atoms. The highest BCUT2D eigenvalue weighted by Crippen LogP contribution is 2.38. The van der Waals surface area contributed by atoms with Gasteiger partial charge in [0.2, 0.25) is 5.83 Å². The zero-order valence-corrected chi connectivity index (χ0v) is 10.0. The molecule has 96 valence electrons. The molecule has 1 heterocycles. The number of carboxylic acids is 1. The molecular weight excluding hydrogens is 263 g/mol. The molecule has 1 aromatic rings. The van der Waals surface area contributed by atoms with Gasteiger partial charge >= 0.3 is 5.97 Å². The largest absolute Gasteiger partial charge is 0.489 e. The summed E-state index contributed by atoms with van der Waals surface area (Å²) in [5.41, 5.74) is 0.309. The summed E-state index contributed by atoms with van der Waals surface area (Å²) in [6.45, 7) is 0.962. The van der Waals surface area contributed by atoms with Crippen molar-refractivity contribution in [2.75, 3.05) is 13.2 Å². The Labute approximate surface area is 108 Å². The minimum atomic E-state index is -1.63. The van der Waals surface area contributed by atoms with Crippen molar-refractivity contribution in [3.05, 3.63) is 28.5 Å². The molecule has 4 nitrogen and oxygen atoms in total. The molecule has 6 heteroatoms. The minimum absolute atomic E-state index is 0.263. The van der Waals surface area contributed by atoms with Crippen LogP contribution in [0.1, 0.15) is 12.0 Å². The van der Waals surface area contributed by atoms with Gasteiger partial charge < -0.3 is 14.6 Å². The Kier molecular flexibility index (Phi) is 3.72. The van der Waals surface area contributed by atoms with Gasteiger partial charge in [-0.2, -0.15) is 4.39 Å². The van der Waals surface area contributed by atoms with Crippen LogP contribution in [-0.4, -0.2) is 24.3 Å². The highest BCUT2D eigenvalue weighted by Gasteiger charge is 2.16. The highest BCUT2D eigenvalue weighted by atomic mass is 35.5. The fraction of sp³-hybridized carbons (Fsp3) is 0.250. The molecule has 0 atom stereocenters. The second-order valence-corrected chi connectivity index (χ2v) is 4.09. The van der Waals surface area contributed by atoms with E-state index < -0.39 is 11.8 Å². The average molecular weight is 273 g/mol. The van der Waals surface area contributed by atoms with Gasteiger partial charge in [-0.1, -0.05) is 11.6 Å². The lowest BCUT2D eigenvalue weighted by molar-refractivity contribution is -0.134. The summed E-state index contributed by atoms with van der Waals surface area (Å²) in [4.78, 5) is 10.4. The van der Waals surface area contributed by atoms with Crippen molar-refractivity contribution in [2.45, 2.75) is 6.42 Å². The monoisotopic (exact) mass is 272 g/mol. The van der Waals surface area contributed by atoms with Crippen molar-refractivity contribution >= 4 is 23.6 Å². The van der Waals surface area contributed by atoms with Gasteiger partial charge in [0.15, 0.2) is 11.5 Å². The summed E-state index contributed by atoms with van der Waals surface area (Å²) < 4.78 is 23.8. The summed E-state index contributed by atoms with van der Waals surface area (Å²) in [5, 5.41) is 8.73. The van der Waals surface area contributed by atoms with Crippen molar-refractivity contribution in [3.63, 3.8) is 0 Å². The zero-order valence-electron chi connectivity index (χ0n) is 9.28. The van der Waals surface area contributed by atoms with Crippen molar-refractivity contribution in [2.24, 2.45) is 0 Å². The lowest BCUT2D eigenvalue weighted by Gasteiger charge is -2.09. The van der Waals surface area contributed by atoms with Crippen LogP contribution in [0.3, 0.4) is 0 Å². The summed E-state index contributed by atoms with van der Waals surface area (Å²) in [6, 6.07) is 2.92. The standard InChI is InChI=1S/C12H10ClFO4/c13-8-4-7(5-9(14)12(15)16)6-10-11(8)18-3-1-2-17-10/h4-6H,1-3H2,(H,15,16). The Morgan fingerprint density at radius 3 is 2.83 bits per heavy atom. The van der Waals surface area contributed by atoms with E-state index >= 15 is 0 Å².